The molecule has 0 spiro atoms. The van der Waals surface area contributed by atoms with Gasteiger partial charge in [0.15, 0.2) is 5.84 Å². The summed E-state index contributed by atoms with van der Waals surface area (Å²) in [6.07, 6.45) is 5.04. The average Bonchev–Trinajstić information content (AvgIpc) is 3.29. The van der Waals surface area contributed by atoms with E-state index in [0.29, 0.717) is 13.0 Å². The quantitative estimate of drug-likeness (QED) is 0.111. The fraction of sp³-hybridized carbons (Fsp3) is 0.522. The predicted octanol–water partition coefficient (Wildman–Crippen LogP) is 4.77. The Morgan fingerprint density at radius 1 is 1.24 bits per heavy atom. The third-order valence-corrected chi connectivity index (χ3v) is 5.30. The largest absolute Gasteiger partial charge is 0.493 e. The molecule has 1 aliphatic heterocycles. The Morgan fingerprint density at radius 2 is 1.97 bits per heavy atom. The molecule has 0 aromatic heterocycles. The van der Waals surface area contributed by atoms with Crippen LogP contribution in [0.1, 0.15) is 56.6 Å². The van der Waals surface area contributed by atoms with Crippen molar-refractivity contribution in [2.45, 2.75) is 57.7 Å². The summed E-state index contributed by atoms with van der Waals surface area (Å²) in [7, 11) is 0. The smallest absolute Gasteiger partial charge is 0.419 e. The van der Waals surface area contributed by atoms with E-state index >= 15 is 0 Å². The summed E-state index contributed by atoms with van der Waals surface area (Å²) in [5.74, 6) is -0.430. The van der Waals surface area contributed by atoms with Crippen molar-refractivity contribution in [3.05, 3.63) is 41.5 Å². The van der Waals surface area contributed by atoms with E-state index in [2.05, 4.69) is 28.9 Å². The first-order valence-corrected chi connectivity index (χ1v) is 11.2. The number of ether oxygens (including phenoxy) is 1. The van der Waals surface area contributed by atoms with Crippen molar-refractivity contribution in [1.29, 1.82) is 0 Å². The molecule has 8 nitrogen and oxygen atoms in total. The lowest BCUT2D eigenvalue weighted by Crippen LogP contribution is -2.43. The van der Waals surface area contributed by atoms with Crippen molar-refractivity contribution in [3.8, 4) is 5.75 Å². The number of unbranched alkanes of at least 4 members (excludes halogenated alkanes) is 5. The highest BCUT2D eigenvalue weighted by Crippen LogP contribution is 2.37. The van der Waals surface area contributed by atoms with Crippen molar-refractivity contribution in [1.82, 2.24) is 4.90 Å². The predicted molar refractivity (Wildman–Crippen MR) is 125 cm³/mol. The molecule has 0 saturated carbocycles. The van der Waals surface area contributed by atoms with E-state index in [4.69, 9.17) is 20.5 Å². The molecular formula is C23H32F3N5O3. The molecule has 0 radical (unpaired) electrons. The molecule has 1 aromatic carbocycles. The minimum atomic E-state index is -4.62. The number of hydrogen-bond donors (Lipinski definition) is 2. The van der Waals surface area contributed by atoms with Crippen LogP contribution in [0.2, 0.25) is 0 Å². The van der Waals surface area contributed by atoms with Gasteiger partial charge in [0.25, 0.3) is 0 Å². The normalized spacial score (nSPS) is 16.7. The third kappa shape index (κ3) is 7.96. The summed E-state index contributed by atoms with van der Waals surface area (Å²) in [4.78, 5) is 10.5. The average molecular weight is 484 g/mol. The Labute approximate surface area is 197 Å². The molecule has 1 unspecified atom stereocenters. The number of nitrogens with zero attached hydrogens (tertiary/aromatic N) is 4. The van der Waals surface area contributed by atoms with E-state index < -0.39 is 11.7 Å². The summed E-state index contributed by atoms with van der Waals surface area (Å²) in [5, 5.41) is 15.6. The van der Waals surface area contributed by atoms with Gasteiger partial charge in [0.2, 0.25) is 5.96 Å². The lowest BCUT2D eigenvalue weighted by molar-refractivity contribution is -0.139. The van der Waals surface area contributed by atoms with Gasteiger partial charge in [-0.05, 0) is 31.3 Å². The monoisotopic (exact) mass is 483 g/mol. The SMILES string of the molecule is C=N/C(=N\OCC1C=CCN1/C(N)=N/O)c1ccc(OCCCCCCCC)c(C(F)(F)F)c1. The second-order valence-corrected chi connectivity index (χ2v) is 7.80. The molecule has 0 bridgehead atoms. The van der Waals surface area contributed by atoms with Crippen molar-refractivity contribution in [3.63, 3.8) is 0 Å². The summed E-state index contributed by atoms with van der Waals surface area (Å²) in [6, 6.07) is 3.26. The highest BCUT2D eigenvalue weighted by Gasteiger charge is 2.35. The molecule has 0 saturated heterocycles. The van der Waals surface area contributed by atoms with Gasteiger partial charge in [-0.1, -0.05) is 61.5 Å². The van der Waals surface area contributed by atoms with Crippen LogP contribution in [0.3, 0.4) is 0 Å². The Kier molecular flexibility index (Phi) is 10.7. The van der Waals surface area contributed by atoms with Gasteiger partial charge in [-0.15, -0.1) is 0 Å². The maximum absolute atomic E-state index is 13.7. The van der Waals surface area contributed by atoms with Crippen LogP contribution in [-0.2, 0) is 11.0 Å². The molecule has 1 atom stereocenters. The van der Waals surface area contributed by atoms with Crippen LogP contribution in [0.25, 0.3) is 0 Å². The number of halogens is 3. The first-order chi connectivity index (χ1) is 16.3. The van der Waals surface area contributed by atoms with Crippen LogP contribution in [0.4, 0.5) is 13.2 Å². The zero-order valence-electron chi connectivity index (χ0n) is 19.3. The molecule has 0 amide bonds. The number of nitrogens with two attached hydrogens (primary N) is 1. The number of benzene rings is 1. The number of hydrogen-bond acceptors (Lipinski definition) is 5. The van der Waals surface area contributed by atoms with Crippen molar-refractivity contribution in [2.24, 2.45) is 21.0 Å². The van der Waals surface area contributed by atoms with Gasteiger partial charge in [-0.2, -0.15) is 13.2 Å². The van der Waals surface area contributed by atoms with Gasteiger partial charge in [0.05, 0.1) is 18.2 Å². The fourth-order valence-corrected chi connectivity index (χ4v) is 3.47. The van der Waals surface area contributed by atoms with E-state index in [0.717, 1.165) is 38.2 Å². The highest BCUT2D eigenvalue weighted by atomic mass is 19.4. The summed E-state index contributed by atoms with van der Waals surface area (Å²) in [6.45, 7) is 6.16. The Morgan fingerprint density at radius 3 is 2.65 bits per heavy atom. The molecular weight excluding hydrogens is 451 g/mol. The molecule has 188 valence electrons. The number of alkyl halides is 3. The number of amidine groups is 1. The molecule has 3 N–H and O–H groups in total. The van der Waals surface area contributed by atoms with Crippen molar-refractivity contribution >= 4 is 18.5 Å². The molecule has 1 aliphatic rings. The second kappa shape index (κ2) is 13.5. The highest BCUT2D eigenvalue weighted by molar-refractivity contribution is 6.01. The van der Waals surface area contributed by atoms with E-state index in [-0.39, 0.29) is 42.4 Å². The van der Waals surface area contributed by atoms with E-state index in [9.17, 15) is 13.2 Å². The third-order valence-electron chi connectivity index (χ3n) is 5.30. The van der Waals surface area contributed by atoms with Gasteiger partial charge < -0.3 is 25.4 Å². The molecule has 1 aromatic rings. The van der Waals surface area contributed by atoms with E-state index in [1.54, 1.807) is 11.0 Å². The molecule has 0 aliphatic carbocycles. The second-order valence-electron chi connectivity index (χ2n) is 7.80. The van der Waals surface area contributed by atoms with Crippen LogP contribution < -0.4 is 10.5 Å². The minimum Gasteiger partial charge on any atom is -0.493 e. The van der Waals surface area contributed by atoms with E-state index in [1.165, 1.54) is 12.1 Å². The summed E-state index contributed by atoms with van der Waals surface area (Å²) < 4.78 is 46.4. The van der Waals surface area contributed by atoms with Crippen molar-refractivity contribution < 1.29 is 28.0 Å². The van der Waals surface area contributed by atoms with Gasteiger partial charge >= 0.3 is 6.18 Å². The van der Waals surface area contributed by atoms with Crippen LogP contribution in [0.5, 0.6) is 5.75 Å². The molecule has 0 fully saturated rings. The summed E-state index contributed by atoms with van der Waals surface area (Å²) >= 11 is 0. The van der Waals surface area contributed by atoms with Crippen LogP contribution in [0, 0.1) is 0 Å². The molecule has 11 heteroatoms. The number of aliphatic imine (C=N–C) groups is 1. The number of oxime groups is 2. The molecule has 2 rings (SSSR count). The van der Waals surface area contributed by atoms with E-state index in [1.807, 2.05) is 6.08 Å². The van der Waals surface area contributed by atoms with Crippen LogP contribution in [-0.4, -0.2) is 54.4 Å². The number of guanidine groups is 1. The fourth-order valence-electron chi connectivity index (χ4n) is 3.47. The number of rotatable bonds is 12. The lowest BCUT2D eigenvalue weighted by atomic mass is 10.1. The Balaban J connectivity index is 2.04. The zero-order valence-corrected chi connectivity index (χ0v) is 19.3. The first-order valence-electron chi connectivity index (χ1n) is 11.2. The van der Waals surface area contributed by atoms with Crippen LogP contribution in [0.15, 0.2) is 45.7 Å². The van der Waals surface area contributed by atoms with Crippen LogP contribution >= 0.6 is 0 Å². The van der Waals surface area contributed by atoms with Gasteiger partial charge in [0, 0.05) is 12.1 Å². The van der Waals surface area contributed by atoms with Gasteiger partial charge in [-0.25, -0.2) is 4.99 Å². The standard InChI is InChI=1S/C23H32F3N5O3/c1-3-4-5-6-7-8-14-33-20-12-11-17(15-19(20)23(24,25)26)21(28-2)30-34-16-18-10-9-13-31(18)22(27)29-32/h9-12,15,18,32H,2-8,13-14,16H2,1H3,(H2,27,29)/b30-21-. The molecule has 1 heterocycles. The zero-order chi connectivity index (χ0) is 25.0. The lowest BCUT2D eigenvalue weighted by Gasteiger charge is -2.23. The Bertz CT molecular complexity index is 887. The maximum Gasteiger partial charge on any atom is 0.419 e. The maximum atomic E-state index is 13.7. The summed E-state index contributed by atoms with van der Waals surface area (Å²) in [5.41, 5.74) is 4.78. The molecule has 34 heavy (non-hydrogen) atoms. The topological polar surface area (TPSA) is 105 Å². The first kappa shape index (κ1) is 27.0. The minimum absolute atomic E-state index is 0.0112. The Hall–Kier alpha value is -3.24. The van der Waals surface area contributed by atoms with Gasteiger partial charge in [-0.3, -0.25) is 0 Å². The van der Waals surface area contributed by atoms with Crippen molar-refractivity contribution in [2.75, 3.05) is 19.8 Å². The van der Waals surface area contributed by atoms with Gasteiger partial charge in [0.1, 0.15) is 12.4 Å².